The second kappa shape index (κ2) is 9.02. The van der Waals surface area contributed by atoms with Gasteiger partial charge in [-0.25, -0.2) is 4.98 Å². The molecule has 0 saturated carbocycles. The van der Waals surface area contributed by atoms with Crippen LogP contribution in [0.2, 0.25) is 5.02 Å². The maximum absolute atomic E-state index is 13.6. The number of benzene rings is 2. The Morgan fingerprint density at radius 2 is 1.92 bits per heavy atom. The van der Waals surface area contributed by atoms with Crippen LogP contribution in [0.5, 0.6) is 0 Å². The minimum Gasteiger partial charge on any atom is -0.340 e. The van der Waals surface area contributed by atoms with E-state index >= 15 is 0 Å². The van der Waals surface area contributed by atoms with Gasteiger partial charge in [-0.2, -0.15) is 4.68 Å². The van der Waals surface area contributed by atoms with E-state index in [9.17, 15) is 9.59 Å². The fourth-order valence-electron chi connectivity index (χ4n) is 5.68. The molecule has 0 unspecified atom stereocenters. The molecular weight excluding hydrogens is 516 g/mol. The van der Waals surface area contributed by atoms with E-state index in [1.807, 2.05) is 41.1 Å². The molecule has 0 radical (unpaired) electrons. The topological polar surface area (TPSA) is 123 Å². The fourth-order valence-corrected chi connectivity index (χ4v) is 5.85. The molecule has 39 heavy (non-hydrogen) atoms. The number of anilines is 1. The predicted molar refractivity (Wildman–Crippen MR) is 146 cm³/mol. The highest BCUT2D eigenvalue weighted by molar-refractivity contribution is 6.31. The highest BCUT2D eigenvalue weighted by atomic mass is 35.5. The molecule has 5 aromatic rings. The molecule has 2 aliphatic heterocycles. The third kappa shape index (κ3) is 4.04. The number of H-pyrrole nitrogens is 1. The Morgan fingerprint density at radius 1 is 1.03 bits per heavy atom. The van der Waals surface area contributed by atoms with Gasteiger partial charge in [0.2, 0.25) is 5.91 Å². The largest absolute Gasteiger partial charge is 0.340 e. The summed E-state index contributed by atoms with van der Waals surface area (Å²) in [5, 5.41) is 15.0. The molecule has 11 heteroatoms. The van der Waals surface area contributed by atoms with Crippen LogP contribution in [0.4, 0.5) is 5.69 Å². The van der Waals surface area contributed by atoms with Crippen LogP contribution in [-0.2, 0) is 11.2 Å². The molecule has 0 fully saturated rings. The molecule has 0 saturated heterocycles. The Kier molecular flexibility index (Phi) is 5.44. The first-order chi connectivity index (χ1) is 18.9. The van der Waals surface area contributed by atoms with Crippen molar-refractivity contribution in [3.05, 3.63) is 93.5 Å². The quantitative estimate of drug-likeness (QED) is 0.347. The average Bonchev–Trinajstić information content (AvgIpc) is 3.69. The Bertz CT molecular complexity index is 1810. The van der Waals surface area contributed by atoms with Gasteiger partial charge >= 0.3 is 0 Å². The number of carbonyl (C=O) groups is 1. The number of pyridine rings is 1. The number of aromatic amines is 1. The first-order valence-corrected chi connectivity index (χ1v) is 13.1. The van der Waals surface area contributed by atoms with Gasteiger partial charge in [0, 0.05) is 34.5 Å². The van der Waals surface area contributed by atoms with Crippen molar-refractivity contribution in [3.8, 4) is 28.1 Å². The maximum Gasteiger partial charge on any atom is 0.252 e. The molecule has 7 rings (SSSR count). The van der Waals surface area contributed by atoms with Crippen LogP contribution in [0, 0.1) is 0 Å². The van der Waals surface area contributed by atoms with Gasteiger partial charge in [-0.3, -0.25) is 9.59 Å². The predicted octanol–water partition coefficient (Wildman–Crippen LogP) is 4.52. The normalized spacial score (nSPS) is 18.1. The summed E-state index contributed by atoms with van der Waals surface area (Å²) in [7, 11) is 0. The summed E-state index contributed by atoms with van der Waals surface area (Å²) in [4.78, 5) is 33.4. The molecule has 0 spiro atoms. The second-order valence-electron chi connectivity index (χ2n) is 10.0. The third-order valence-electron chi connectivity index (χ3n) is 7.58. The number of nitrogens with zero attached hydrogens (tertiary/aromatic N) is 6. The zero-order valence-corrected chi connectivity index (χ0v) is 21.7. The van der Waals surface area contributed by atoms with E-state index in [4.69, 9.17) is 11.6 Å². The standard InChI is InChI=1S/C28H23ClN8O2/c1-15-8-25(28-30-13-22(33-28)17-2-5-21-16(9-17)3-7-26(38)32-21)37-24(15)10-18(11-27(37)39)20-12-19(29)4-6-23(20)36-14-31-34-35-36/h2,4-6,9-15,25H,3,7-8H2,1H3,(H,30,33)(H,32,38)/t15-,25+/m1/s1. The lowest BCUT2D eigenvalue weighted by atomic mass is 9.99. The summed E-state index contributed by atoms with van der Waals surface area (Å²) in [6.45, 7) is 2.12. The number of fused-ring (bicyclic) bond motifs is 2. The summed E-state index contributed by atoms with van der Waals surface area (Å²) in [5.74, 6) is 0.927. The SMILES string of the molecule is C[C@@H]1C[C@@H](c2ncc(-c3ccc4c(c3)CCC(=O)N4)[nH]2)n2c1cc(-c1cc(Cl)ccc1-n1cnnn1)cc2=O. The van der Waals surface area contributed by atoms with Crippen molar-refractivity contribution in [1.29, 1.82) is 0 Å². The van der Waals surface area contributed by atoms with Crippen LogP contribution in [-0.4, -0.2) is 40.6 Å². The number of hydrogen-bond acceptors (Lipinski definition) is 6. The van der Waals surface area contributed by atoms with Crippen LogP contribution in [0.3, 0.4) is 0 Å². The molecule has 2 N–H and O–H groups in total. The van der Waals surface area contributed by atoms with E-state index in [0.29, 0.717) is 17.9 Å². The van der Waals surface area contributed by atoms with Gasteiger partial charge in [0.1, 0.15) is 12.2 Å². The van der Waals surface area contributed by atoms with Crippen LogP contribution >= 0.6 is 11.6 Å². The van der Waals surface area contributed by atoms with E-state index in [1.165, 1.54) is 6.33 Å². The van der Waals surface area contributed by atoms with E-state index in [1.54, 1.807) is 16.8 Å². The van der Waals surface area contributed by atoms with Crippen LogP contribution in [0.25, 0.3) is 28.1 Å². The molecule has 2 atom stereocenters. The highest BCUT2D eigenvalue weighted by Gasteiger charge is 2.33. The first-order valence-electron chi connectivity index (χ1n) is 12.7. The molecule has 2 aliphatic rings. The van der Waals surface area contributed by atoms with E-state index < -0.39 is 0 Å². The van der Waals surface area contributed by atoms with Crippen molar-refractivity contribution in [2.75, 3.05) is 5.32 Å². The van der Waals surface area contributed by atoms with Crippen LogP contribution in [0.15, 0.2) is 65.8 Å². The number of nitrogens with one attached hydrogen (secondary N) is 2. The zero-order chi connectivity index (χ0) is 26.7. The average molecular weight is 539 g/mol. The minimum absolute atomic E-state index is 0.0451. The summed E-state index contributed by atoms with van der Waals surface area (Å²) < 4.78 is 3.39. The maximum atomic E-state index is 13.6. The van der Waals surface area contributed by atoms with Gasteiger partial charge in [-0.15, -0.1) is 5.10 Å². The summed E-state index contributed by atoms with van der Waals surface area (Å²) in [6.07, 6.45) is 5.27. The molecule has 0 bridgehead atoms. The minimum atomic E-state index is -0.208. The lowest BCUT2D eigenvalue weighted by Gasteiger charge is -2.17. The molecule has 3 aromatic heterocycles. The molecule has 5 heterocycles. The Hall–Kier alpha value is -4.57. The van der Waals surface area contributed by atoms with Crippen LogP contribution < -0.4 is 10.9 Å². The second-order valence-corrected chi connectivity index (χ2v) is 10.5. The Labute approximate surface area is 227 Å². The summed E-state index contributed by atoms with van der Waals surface area (Å²) in [5.41, 5.74) is 6.93. The van der Waals surface area contributed by atoms with Crippen molar-refractivity contribution < 1.29 is 4.79 Å². The zero-order valence-electron chi connectivity index (χ0n) is 20.9. The lowest BCUT2D eigenvalue weighted by Crippen LogP contribution is -2.24. The van der Waals surface area contributed by atoms with Crippen molar-refractivity contribution in [2.24, 2.45) is 0 Å². The molecule has 1 amide bonds. The van der Waals surface area contributed by atoms with E-state index in [0.717, 1.165) is 57.3 Å². The fraction of sp³-hybridized carbons (Fsp3) is 0.214. The van der Waals surface area contributed by atoms with Crippen LogP contribution in [0.1, 0.15) is 48.8 Å². The van der Waals surface area contributed by atoms with Gasteiger partial charge in [0.15, 0.2) is 0 Å². The van der Waals surface area contributed by atoms with Crippen molar-refractivity contribution in [2.45, 2.75) is 38.1 Å². The van der Waals surface area contributed by atoms with Gasteiger partial charge in [0.25, 0.3) is 5.56 Å². The number of aromatic nitrogens is 7. The molecule has 0 aliphatic carbocycles. The Morgan fingerprint density at radius 3 is 2.77 bits per heavy atom. The van der Waals surface area contributed by atoms with Gasteiger partial charge < -0.3 is 14.9 Å². The smallest absolute Gasteiger partial charge is 0.252 e. The number of hydrogen-bond donors (Lipinski definition) is 2. The van der Waals surface area contributed by atoms with Gasteiger partial charge in [-0.05, 0) is 82.3 Å². The number of carbonyl (C=O) groups excluding carboxylic acids is 1. The molecular formula is C28H23ClN8O2. The first kappa shape index (κ1) is 23.5. The molecule has 194 valence electrons. The number of imidazole rings is 1. The number of tetrazole rings is 1. The van der Waals surface area contributed by atoms with Crippen molar-refractivity contribution in [1.82, 2.24) is 34.7 Å². The highest BCUT2D eigenvalue weighted by Crippen LogP contribution is 2.40. The van der Waals surface area contributed by atoms with E-state index in [-0.39, 0.29) is 23.4 Å². The summed E-state index contributed by atoms with van der Waals surface area (Å²) >= 11 is 6.34. The molecule has 2 aromatic carbocycles. The van der Waals surface area contributed by atoms with E-state index in [2.05, 4.69) is 43.8 Å². The number of halogens is 1. The Balaban J connectivity index is 1.25. The monoisotopic (exact) mass is 538 g/mol. The van der Waals surface area contributed by atoms with Gasteiger partial charge in [0.05, 0.1) is 23.6 Å². The molecule has 10 nitrogen and oxygen atoms in total. The number of rotatable bonds is 4. The van der Waals surface area contributed by atoms with Gasteiger partial charge in [-0.1, -0.05) is 24.6 Å². The number of amides is 1. The van der Waals surface area contributed by atoms with Crippen molar-refractivity contribution in [3.63, 3.8) is 0 Å². The third-order valence-corrected chi connectivity index (χ3v) is 7.81. The lowest BCUT2D eigenvalue weighted by molar-refractivity contribution is -0.116. The summed E-state index contributed by atoms with van der Waals surface area (Å²) in [6, 6.07) is 14.9. The van der Waals surface area contributed by atoms with Crippen molar-refractivity contribution >= 4 is 23.2 Å². The number of aryl methyl sites for hydroxylation is 1.